The van der Waals surface area contributed by atoms with Gasteiger partial charge in [0.15, 0.2) is 5.65 Å². The molecule has 0 bridgehead atoms. The Morgan fingerprint density at radius 2 is 2.16 bits per heavy atom. The lowest BCUT2D eigenvalue weighted by Gasteiger charge is -2.24. The van der Waals surface area contributed by atoms with Crippen molar-refractivity contribution in [2.24, 2.45) is 5.92 Å². The Balaban J connectivity index is 1.36. The maximum atomic E-state index is 12.2. The van der Waals surface area contributed by atoms with Crippen LogP contribution in [0.1, 0.15) is 18.4 Å². The van der Waals surface area contributed by atoms with Crippen LogP contribution >= 0.6 is 0 Å². The summed E-state index contributed by atoms with van der Waals surface area (Å²) in [5.74, 6) is -0.308. The van der Waals surface area contributed by atoms with Gasteiger partial charge in [-0.05, 0) is 36.6 Å². The summed E-state index contributed by atoms with van der Waals surface area (Å²) >= 11 is 0. The Morgan fingerprint density at radius 1 is 1.28 bits per heavy atom. The largest absolute Gasteiger partial charge is 0.326 e. The number of hydrogen-bond donors (Lipinski definition) is 2. The minimum absolute atomic E-state index is 0.0163. The highest BCUT2D eigenvalue weighted by Gasteiger charge is 2.26. The van der Waals surface area contributed by atoms with Gasteiger partial charge in [-0.3, -0.25) is 14.0 Å². The summed E-state index contributed by atoms with van der Waals surface area (Å²) in [6, 6.07) is 11.3. The van der Waals surface area contributed by atoms with E-state index in [1.165, 1.54) is 0 Å². The van der Waals surface area contributed by atoms with E-state index in [1.807, 2.05) is 24.3 Å². The molecule has 1 unspecified atom stereocenters. The van der Waals surface area contributed by atoms with Gasteiger partial charge in [-0.15, -0.1) is 10.2 Å². The molecule has 0 saturated carbocycles. The number of para-hydroxylation sites is 1. The van der Waals surface area contributed by atoms with E-state index in [-0.39, 0.29) is 17.7 Å². The van der Waals surface area contributed by atoms with Crippen LogP contribution in [0.3, 0.4) is 0 Å². The molecule has 0 spiro atoms. The summed E-state index contributed by atoms with van der Waals surface area (Å²) in [6.45, 7) is 0. The molecular weight excluding hydrogens is 318 g/mol. The van der Waals surface area contributed by atoms with Crippen LogP contribution in [0.4, 0.5) is 11.4 Å². The van der Waals surface area contributed by atoms with Crippen molar-refractivity contribution in [1.29, 1.82) is 0 Å². The van der Waals surface area contributed by atoms with Crippen LogP contribution in [0.25, 0.3) is 5.65 Å². The second-order valence-corrected chi connectivity index (χ2v) is 6.15. The molecule has 1 aliphatic heterocycles. The van der Waals surface area contributed by atoms with Crippen molar-refractivity contribution in [2.45, 2.75) is 19.3 Å². The first-order valence-corrected chi connectivity index (χ1v) is 8.17. The Labute approximate surface area is 144 Å². The third-order valence-electron chi connectivity index (χ3n) is 4.41. The minimum atomic E-state index is -0.180. The molecule has 126 valence electrons. The monoisotopic (exact) mass is 335 g/mol. The number of pyridine rings is 1. The van der Waals surface area contributed by atoms with E-state index in [0.717, 1.165) is 16.9 Å². The molecule has 7 nitrogen and oxygen atoms in total. The molecular formula is C18H17N5O2. The van der Waals surface area contributed by atoms with E-state index in [1.54, 1.807) is 29.1 Å². The van der Waals surface area contributed by atoms with Gasteiger partial charge < -0.3 is 10.6 Å². The smallest absolute Gasteiger partial charge is 0.227 e. The van der Waals surface area contributed by atoms with Gasteiger partial charge in [-0.1, -0.05) is 18.2 Å². The highest BCUT2D eigenvalue weighted by atomic mass is 16.2. The van der Waals surface area contributed by atoms with Crippen LogP contribution < -0.4 is 10.6 Å². The first-order chi connectivity index (χ1) is 12.2. The van der Waals surface area contributed by atoms with Crippen LogP contribution in [0.15, 0.2) is 48.9 Å². The molecule has 0 aliphatic carbocycles. The number of aromatic nitrogens is 3. The maximum absolute atomic E-state index is 12.2. The Morgan fingerprint density at radius 3 is 3.08 bits per heavy atom. The molecule has 25 heavy (non-hydrogen) atoms. The molecule has 0 saturated heterocycles. The lowest BCUT2D eigenvalue weighted by atomic mass is 9.89. The van der Waals surface area contributed by atoms with Crippen molar-refractivity contribution in [3.05, 3.63) is 54.5 Å². The molecule has 2 amide bonds. The summed E-state index contributed by atoms with van der Waals surface area (Å²) in [5.41, 5.74) is 3.38. The summed E-state index contributed by atoms with van der Waals surface area (Å²) in [5, 5.41) is 13.5. The molecule has 1 atom stereocenters. The fourth-order valence-corrected chi connectivity index (χ4v) is 3.08. The number of benzene rings is 1. The molecule has 1 aliphatic rings. The number of amides is 2. The minimum Gasteiger partial charge on any atom is -0.326 e. The van der Waals surface area contributed by atoms with E-state index >= 15 is 0 Å². The first-order valence-electron chi connectivity index (χ1n) is 8.17. The molecule has 0 fully saturated rings. The average Bonchev–Trinajstić information content (AvgIpc) is 3.07. The third kappa shape index (κ3) is 3.21. The van der Waals surface area contributed by atoms with E-state index in [4.69, 9.17) is 0 Å². The van der Waals surface area contributed by atoms with E-state index < -0.39 is 0 Å². The Bertz CT molecular complexity index is 949. The Hall–Kier alpha value is -3.22. The molecule has 3 aromatic rings. The molecule has 0 radical (unpaired) electrons. The SMILES string of the molecule is O=C(CCC1Cc2ccccc2NC1=O)Nc1ccc2nncn2c1. The second-order valence-electron chi connectivity index (χ2n) is 6.15. The van der Waals surface area contributed by atoms with Crippen molar-refractivity contribution in [2.75, 3.05) is 10.6 Å². The van der Waals surface area contributed by atoms with Crippen molar-refractivity contribution in [1.82, 2.24) is 14.6 Å². The first kappa shape index (κ1) is 15.3. The zero-order valence-corrected chi connectivity index (χ0v) is 13.5. The quantitative estimate of drug-likeness (QED) is 0.765. The van der Waals surface area contributed by atoms with Gasteiger partial charge in [0.05, 0.1) is 5.69 Å². The lowest BCUT2D eigenvalue weighted by molar-refractivity contribution is -0.121. The van der Waals surface area contributed by atoms with Crippen LogP contribution in [0.5, 0.6) is 0 Å². The standard InChI is InChI=1S/C18H17N5O2/c24-17(20-14-6-7-16-22-19-11-23(16)10-14)8-5-13-9-12-3-1-2-4-15(12)21-18(13)25/h1-4,6-7,10-11,13H,5,8-9H2,(H,20,24)(H,21,25). The molecule has 2 N–H and O–H groups in total. The van der Waals surface area contributed by atoms with E-state index in [2.05, 4.69) is 20.8 Å². The van der Waals surface area contributed by atoms with Gasteiger partial charge in [0, 0.05) is 24.2 Å². The maximum Gasteiger partial charge on any atom is 0.227 e. The van der Waals surface area contributed by atoms with Crippen molar-refractivity contribution < 1.29 is 9.59 Å². The number of hydrogen-bond acceptors (Lipinski definition) is 4. The number of nitrogens with one attached hydrogen (secondary N) is 2. The van der Waals surface area contributed by atoms with Crippen molar-refractivity contribution >= 4 is 28.8 Å². The second kappa shape index (κ2) is 6.35. The number of carbonyl (C=O) groups is 2. The predicted molar refractivity (Wildman–Crippen MR) is 93.1 cm³/mol. The van der Waals surface area contributed by atoms with Crippen molar-refractivity contribution in [3.8, 4) is 0 Å². The summed E-state index contributed by atoms with van der Waals surface area (Å²) in [7, 11) is 0. The van der Waals surface area contributed by atoms with Gasteiger partial charge in [0.1, 0.15) is 6.33 Å². The molecule has 4 rings (SSSR count). The fraction of sp³-hybridized carbons (Fsp3) is 0.222. The Kier molecular flexibility index (Phi) is 3.89. The zero-order chi connectivity index (χ0) is 17.2. The highest BCUT2D eigenvalue weighted by Crippen LogP contribution is 2.27. The fourth-order valence-electron chi connectivity index (χ4n) is 3.08. The van der Waals surface area contributed by atoms with Crippen LogP contribution in [-0.4, -0.2) is 26.4 Å². The topological polar surface area (TPSA) is 88.4 Å². The number of fused-ring (bicyclic) bond motifs is 2. The van der Waals surface area contributed by atoms with Crippen LogP contribution in [0.2, 0.25) is 0 Å². The van der Waals surface area contributed by atoms with Gasteiger partial charge >= 0.3 is 0 Å². The molecule has 3 heterocycles. The van der Waals surface area contributed by atoms with E-state index in [9.17, 15) is 9.59 Å². The van der Waals surface area contributed by atoms with E-state index in [0.29, 0.717) is 24.9 Å². The number of carbonyl (C=O) groups excluding carboxylic acids is 2. The number of nitrogens with zero attached hydrogens (tertiary/aromatic N) is 3. The zero-order valence-electron chi connectivity index (χ0n) is 13.5. The highest BCUT2D eigenvalue weighted by molar-refractivity contribution is 5.96. The molecule has 1 aromatic carbocycles. The molecule has 2 aromatic heterocycles. The molecule has 7 heteroatoms. The van der Waals surface area contributed by atoms with Gasteiger partial charge in [0.2, 0.25) is 11.8 Å². The third-order valence-corrected chi connectivity index (χ3v) is 4.41. The summed E-state index contributed by atoms with van der Waals surface area (Å²) in [4.78, 5) is 24.4. The van der Waals surface area contributed by atoms with Gasteiger partial charge in [0.25, 0.3) is 0 Å². The van der Waals surface area contributed by atoms with Crippen LogP contribution in [-0.2, 0) is 16.0 Å². The normalized spacial score (nSPS) is 16.3. The summed E-state index contributed by atoms with van der Waals surface area (Å²) < 4.78 is 1.74. The van der Waals surface area contributed by atoms with Gasteiger partial charge in [-0.2, -0.15) is 0 Å². The predicted octanol–water partition coefficient (Wildman–Crippen LogP) is 2.26. The average molecular weight is 335 g/mol. The number of rotatable bonds is 4. The number of anilines is 2. The lowest BCUT2D eigenvalue weighted by Crippen LogP contribution is -2.30. The van der Waals surface area contributed by atoms with Gasteiger partial charge in [-0.25, -0.2) is 0 Å². The summed E-state index contributed by atoms with van der Waals surface area (Å²) in [6.07, 6.45) is 4.81. The van der Waals surface area contributed by atoms with Crippen LogP contribution in [0, 0.1) is 5.92 Å². The van der Waals surface area contributed by atoms with Crippen molar-refractivity contribution in [3.63, 3.8) is 0 Å².